The highest BCUT2D eigenvalue weighted by atomic mass is 16.6. The molecule has 18 heavy (non-hydrogen) atoms. The molecule has 0 spiro atoms. The third kappa shape index (κ3) is 2.48. The Morgan fingerprint density at radius 2 is 2.06 bits per heavy atom. The minimum atomic E-state index is -0.498. The fourth-order valence-electron chi connectivity index (χ4n) is 2.01. The number of rotatable bonds is 2. The lowest BCUT2D eigenvalue weighted by Gasteiger charge is -2.27. The van der Waals surface area contributed by atoms with E-state index in [9.17, 15) is 14.9 Å². The number of piperazine rings is 1. The van der Waals surface area contributed by atoms with Crippen molar-refractivity contribution in [3.63, 3.8) is 0 Å². The highest BCUT2D eigenvalue weighted by Crippen LogP contribution is 2.21. The van der Waals surface area contributed by atoms with Gasteiger partial charge in [-0.05, 0) is 18.6 Å². The summed E-state index contributed by atoms with van der Waals surface area (Å²) >= 11 is 0. The predicted octanol–water partition coefficient (Wildman–Crippen LogP) is 0.949. The first-order valence-corrected chi connectivity index (χ1v) is 5.84. The van der Waals surface area contributed by atoms with Gasteiger partial charge < -0.3 is 10.2 Å². The summed E-state index contributed by atoms with van der Waals surface area (Å²) in [6.45, 7) is 4.40. The molecule has 1 N–H and O–H groups in total. The van der Waals surface area contributed by atoms with Gasteiger partial charge >= 0.3 is 0 Å². The molecule has 1 aliphatic rings. The third-order valence-electron chi connectivity index (χ3n) is 2.98. The Bertz CT molecular complexity index is 481. The number of benzene rings is 1. The lowest BCUT2D eigenvalue weighted by Crippen LogP contribution is -2.46. The van der Waals surface area contributed by atoms with Crippen LogP contribution in [0, 0.1) is 17.0 Å². The van der Waals surface area contributed by atoms with Crippen molar-refractivity contribution in [2.45, 2.75) is 6.92 Å². The molecule has 6 heteroatoms. The number of nitrogens with zero attached hydrogens (tertiary/aromatic N) is 2. The van der Waals surface area contributed by atoms with Crippen LogP contribution in [0.1, 0.15) is 15.9 Å². The van der Waals surface area contributed by atoms with Crippen molar-refractivity contribution in [2.24, 2.45) is 0 Å². The molecule has 1 heterocycles. The summed E-state index contributed by atoms with van der Waals surface area (Å²) in [4.78, 5) is 24.4. The second-order valence-electron chi connectivity index (χ2n) is 4.32. The third-order valence-corrected chi connectivity index (χ3v) is 2.98. The summed E-state index contributed by atoms with van der Waals surface area (Å²) in [5.41, 5.74) is 0.838. The molecule has 0 aromatic heterocycles. The Morgan fingerprint density at radius 3 is 2.67 bits per heavy atom. The number of carbonyl (C=O) groups excluding carboxylic acids is 1. The number of aryl methyl sites for hydroxylation is 1. The van der Waals surface area contributed by atoms with Gasteiger partial charge in [0.05, 0.1) is 4.92 Å². The summed E-state index contributed by atoms with van der Waals surface area (Å²) in [5.74, 6) is -0.261. The van der Waals surface area contributed by atoms with E-state index in [2.05, 4.69) is 5.32 Å². The van der Waals surface area contributed by atoms with Gasteiger partial charge in [-0.1, -0.05) is 6.07 Å². The second-order valence-corrected chi connectivity index (χ2v) is 4.32. The van der Waals surface area contributed by atoms with Crippen LogP contribution in [0.3, 0.4) is 0 Å². The normalized spacial score (nSPS) is 15.5. The number of nitrogens with one attached hydrogen (secondary N) is 1. The number of nitro groups is 1. The Hall–Kier alpha value is -1.95. The molecule has 0 unspecified atom stereocenters. The largest absolute Gasteiger partial charge is 0.336 e. The van der Waals surface area contributed by atoms with Gasteiger partial charge in [0.1, 0.15) is 5.56 Å². The predicted molar refractivity (Wildman–Crippen MR) is 66.6 cm³/mol. The summed E-state index contributed by atoms with van der Waals surface area (Å²) in [6, 6.07) is 4.70. The van der Waals surface area contributed by atoms with Crippen molar-refractivity contribution in [1.82, 2.24) is 10.2 Å². The molecule has 1 aromatic carbocycles. The Labute approximate surface area is 105 Å². The number of hydrogen-bond donors (Lipinski definition) is 1. The quantitative estimate of drug-likeness (QED) is 0.625. The topological polar surface area (TPSA) is 75.5 Å². The van der Waals surface area contributed by atoms with E-state index < -0.39 is 4.92 Å². The molecule has 1 saturated heterocycles. The van der Waals surface area contributed by atoms with Gasteiger partial charge in [0.25, 0.3) is 11.6 Å². The first kappa shape index (κ1) is 12.5. The van der Waals surface area contributed by atoms with Crippen LogP contribution >= 0.6 is 0 Å². The van der Waals surface area contributed by atoms with Crippen molar-refractivity contribution in [2.75, 3.05) is 26.2 Å². The molecular formula is C12H15N3O3. The zero-order valence-electron chi connectivity index (χ0n) is 10.2. The molecule has 0 saturated carbocycles. The summed E-state index contributed by atoms with van der Waals surface area (Å²) in [6.07, 6.45) is 0. The van der Waals surface area contributed by atoms with Crippen molar-refractivity contribution >= 4 is 11.6 Å². The van der Waals surface area contributed by atoms with E-state index in [1.807, 2.05) is 0 Å². The van der Waals surface area contributed by atoms with Crippen LogP contribution in [-0.2, 0) is 0 Å². The van der Waals surface area contributed by atoms with Crippen molar-refractivity contribution < 1.29 is 9.72 Å². The van der Waals surface area contributed by atoms with Crippen LogP contribution in [0.5, 0.6) is 0 Å². The fourth-order valence-corrected chi connectivity index (χ4v) is 2.01. The van der Waals surface area contributed by atoms with E-state index in [-0.39, 0.29) is 17.2 Å². The number of amides is 1. The van der Waals surface area contributed by atoms with Crippen molar-refractivity contribution in [3.05, 3.63) is 39.4 Å². The number of hydrogen-bond acceptors (Lipinski definition) is 4. The van der Waals surface area contributed by atoms with E-state index >= 15 is 0 Å². The molecule has 0 radical (unpaired) electrons. The van der Waals surface area contributed by atoms with Gasteiger partial charge in [-0.15, -0.1) is 0 Å². The SMILES string of the molecule is Cc1ccc(C(=O)N2CCNCC2)c([N+](=O)[O-])c1. The van der Waals surface area contributed by atoms with Gasteiger partial charge in [0.15, 0.2) is 0 Å². The number of carbonyl (C=O) groups is 1. The maximum Gasteiger partial charge on any atom is 0.282 e. The van der Waals surface area contributed by atoms with Crippen molar-refractivity contribution in [3.8, 4) is 0 Å². The molecule has 0 bridgehead atoms. The monoisotopic (exact) mass is 249 g/mol. The van der Waals surface area contributed by atoms with Crippen LogP contribution in [-0.4, -0.2) is 41.9 Å². The fraction of sp³-hybridized carbons (Fsp3) is 0.417. The molecule has 0 aliphatic carbocycles. The summed E-state index contributed by atoms with van der Waals surface area (Å²) < 4.78 is 0. The van der Waals surface area contributed by atoms with E-state index in [1.165, 1.54) is 12.1 Å². The molecule has 1 aromatic rings. The summed E-state index contributed by atoms with van der Waals surface area (Å²) in [7, 11) is 0. The van der Waals surface area contributed by atoms with Crippen LogP contribution in [0.25, 0.3) is 0 Å². The smallest absolute Gasteiger partial charge is 0.282 e. The molecule has 1 aliphatic heterocycles. The zero-order chi connectivity index (χ0) is 13.1. The van der Waals surface area contributed by atoms with Gasteiger partial charge in [0, 0.05) is 32.2 Å². The molecule has 2 rings (SSSR count). The minimum Gasteiger partial charge on any atom is -0.336 e. The van der Waals surface area contributed by atoms with Gasteiger partial charge in [-0.25, -0.2) is 0 Å². The van der Waals surface area contributed by atoms with E-state index in [0.717, 1.165) is 18.7 Å². The molecule has 1 fully saturated rings. The lowest BCUT2D eigenvalue weighted by molar-refractivity contribution is -0.385. The average molecular weight is 249 g/mol. The number of nitro benzene ring substituents is 1. The molecule has 1 amide bonds. The highest BCUT2D eigenvalue weighted by molar-refractivity contribution is 5.98. The Balaban J connectivity index is 2.31. The van der Waals surface area contributed by atoms with E-state index in [0.29, 0.717) is 13.1 Å². The van der Waals surface area contributed by atoms with Gasteiger partial charge in [-0.2, -0.15) is 0 Å². The van der Waals surface area contributed by atoms with Crippen LogP contribution < -0.4 is 5.32 Å². The van der Waals surface area contributed by atoms with E-state index in [1.54, 1.807) is 17.9 Å². The first-order valence-electron chi connectivity index (χ1n) is 5.84. The minimum absolute atomic E-state index is 0.112. The summed E-state index contributed by atoms with van der Waals surface area (Å²) in [5, 5.41) is 14.1. The van der Waals surface area contributed by atoms with Crippen LogP contribution in [0.15, 0.2) is 18.2 Å². The second kappa shape index (κ2) is 5.14. The first-order chi connectivity index (χ1) is 8.59. The van der Waals surface area contributed by atoms with Gasteiger partial charge in [-0.3, -0.25) is 14.9 Å². The average Bonchev–Trinajstić information content (AvgIpc) is 2.39. The zero-order valence-corrected chi connectivity index (χ0v) is 10.2. The highest BCUT2D eigenvalue weighted by Gasteiger charge is 2.25. The molecular weight excluding hydrogens is 234 g/mol. The maximum atomic E-state index is 12.2. The molecule has 96 valence electrons. The van der Waals surface area contributed by atoms with Crippen LogP contribution in [0.2, 0.25) is 0 Å². The van der Waals surface area contributed by atoms with Crippen LogP contribution in [0.4, 0.5) is 5.69 Å². The van der Waals surface area contributed by atoms with E-state index in [4.69, 9.17) is 0 Å². The molecule has 6 nitrogen and oxygen atoms in total. The Kier molecular flexibility index (Phi) is 3.57. The van der Waals surface area contributed by atoms with Gasteiger partial charge in [0.2, 0.25) is 0 Å². The maximum absolute atomic E-state index is 12.2. The standard InChI is InChI=1S/C12H15N3O3/c1-9-2-3-10(11(8-9)15(17)18)12(16)14-6-4-13-5-7-14/h2-3,8,13H,4-7H2,1H3. The Morgan fingerprint density at radius 1 is 1.39 bits per heavy atom. The van der Waals surface area contributed by atoms with Crippen molar-refractivity contribution in [1.29, 1.82) is 0 Å². The lowest BCUT2D eigenvalue weighted by atomic mass is 10.1. The molecule has 0 atom stereocenters.